The van der Waals surface area contributed by atoms with Crippen LogP contribution in [0.4, 0.5) is 0 Å². The lowest BCUT2D eigenvalue weighted by atomic mass is 9.98. The Morgan fingerprint density at radius 2 is 0.920 bits per heavy atom. The van der Waals surface area contributed by atoms with Crippen LogP contribution in [-0.4, -0.2) is 6.54 Å². The van der Waals surface area contributed by atoms with E-state index in [4.69, 9.17) is 4.74 Å². The van der Waals surface area contributed by atoms with E-state index in [-0.39, 0.29) is 5.41 Å². The molecule has 3 aromatic carbocycles. The molecule has 3 aromatic rings. The van der Waals surface area contributed by atoms with Gasteiger partial charge >= 0.3 is 0 Å². The second-order valence-electron chi connectivity index (χ2n) is 7.50. The Balaban J connectivity index is 2.36. The molecule has 0 aliphatic carbocycles. The largest absolute Gasteiger partial charge is 0.289 e. The molecule has 0 heterocycles. The molecule has 0 aromatic heterocycles. The summed E-state index contributed by atoms with van der Waals surface area (Å²) in [6.45, 7) is 7.60. The molecule has 0 fully saturated rings. The van der Waals surface area contributed by atoms with Crippen molar-refractivity contribution < 1.29 is 0 Å². The van der Waals surface area contributed by atoms with Crippen LogP contribution in [0, 0.1) is 5.41 Å². The molecular formula is C23H26NP. The first-order chi connectivity index (χ1) is 12.0. The molecule has 0 aliphatic heterocycles. The minimum absolute atomic E-state index is 0.156. The Kier molecular flexibility index (Phi) is 5.25. The van der Waals surface area contributed by atoms with Crippen LogP contribution in [0.25, 0.3) is 0 Å². The highest BCUT2D eigenvalue weighted by Crippen LogP contribution is 2.47. The van der Waals surface area contributed by atoms with Gasteiger partial charge in [0.2, 0.25) is 0 Å². The maximum absolute atomic E-state index is 5.45. The van der Waals surface area contributed by atoms with Crippen molar-refractivity contribution in [2.75, 3.05) is 6.54 Å². The van der Waals surface area contributed by atoms with Gasteiger partial charge < -0.3 is 0 Å². The van der Waals surface area contributed by atoms with E-state index in [2.05, 4.69) is 112 Å². The highest BCUT2D eigenvalue weighted by atomic mass is 31.2. The van der Waals surface area contributed by atoms with Gasteiger partial charge in [-0.05, 0) is 5.41 Å². The zero-order valence-corrected chi connectivity index (χ0v) is 16.2. The van der Waals surface area contributed by atoms with Crippen molar-refractivity contribution in [2.24, 2.45) is 10.2 Å². The van der Waals surface area contributed by atoms with Gasteiger partial charge in [-0.1, -0.05) is 112 Å². The highest BCUT2D eigenvalue weighted by Gasteiger charge is 2.27. The Morgan fingerprint density at radius 1 is 0.600 bits per heavy atom. The molecule has 1 nitrogen and oxygen atoms in total. The smallest absolute Gasteiger partial charge is 0.0547 e. The molecule has 0 radical (unpaired) electrons. The molecule has 0 bridgehead atoms. The van der Waals surface area contributed by atoms with Crippen LogP contribution in [0.1, 0.15) is 20.8 Å². The van der Waals surface area contributed by atoms with Gasteiger partial charge in [0.05, 0.1) is 7.05 Å². The average molecular weight is 347 g/mol. The Morgan fingerprint density at radius 3 is 1.20 bits per heavy atom. The number of benzene rings is 3. The van der Waals surface area contributed by atoms with Gasteiger partial charge in [-0.2, -0.15) is 0 Å². The summed E-state index contributed by atoms with van der Waals surface area (Å²) >= 11 is 0. The number of hydrogen-bond acceptors (Lipinski definition) is 1. The summed E-state index contributed by atoms with van der Waals surface area (Å²) in [5, 5.41) is 3.95. The maximum atomic E-state index is 5.45. The van der Waals surface area contributed by atoms with Crippen LogP contribution in [-0.2, 0) is 0 Å². The summed E-state index contributed by atoms with van der Waals surface area (Å²) in [5.41, 5.74) is 0.156. The maximum Gasteiger partial charge on any atom is 0.0547 e. The van der Waals surface area contributed by atoms with E-state index in [1.54, 1.807) is 0 Å². The highest BCUT2D eigenvalue weighted by molar-refractivity contribution is 7.87. The van der Waals surface area contributed by atoms with Gasteiger partial charge in [0.1, 0.15) is 0 Å². The van der Waals surface area contributed by atoms with Gasteiger partial charge in [0, 0.05) is 22.5 Å². The van der Waals surface area contributed by atoms with E-state index >= 15 is 0 Å². The molecule has 0 spiro atoms. The minimum atomic E-state index is -2.02. The summed E-state index contributed by atoms with van der Waals surface area (Å²) in [4.78, 5) is 0. The van der Waals surface area contributed by atoms with Crippen molar-refractivity contribution in [2.45, 2.75) is 20.8 Å². The van der Waals surface area contributed by atoms with E-state index in [0.29, 0.717) is 0 Å². The fourth-order valence-corrected chi connectivity index (χ4v) is 6.77. The summed E-state index contributed by atoms with van der Waals surface area (Å²) in [6, 6.07) is 32.4. The molecular weight excluding hydrogens is 321 g/mol. The molecule has 0 atom stereocenters. The Bertz CT molecular complexity index is 743. The molecule has 0 aliphatic rings. The molecule has 0 saturated carbocycles. The van der Waals surface area contributed by atoms with E-state index in [0.717, 1.165) is 6.54 Å². The molecule has 128 valence electrons. The van der Waals surface area contributed by atoms with Crippen molar-refractivity contribution in [3.63, 3.8) is 0 Å². The van der Waals surface area contributed by atoms with Gasteiger partial charge in [-0.25, -0.2) is 0 Å². The first-order valence-electron chi connectivity index (χ1n) is 8.77. The number of hydrogen-bond donors (Lipinski definition) is 0. The van der Waals surface area contributed by atoms with Gasteiger partial charge in [0.25, 0.3) is 0 Å². The van der Waals surface area contributed by atoms with Crippen molar-refractivity contribution in [1.82, 2.24) is 0 Å². The normalized spacial score (nSPS) is 12.0. The molecule has 3 rings (SSSR count). The van der Waals surface area contributed by atoms with Gasteiger partial charge in [0.15, 0.2) is 0 Å². The van der Waals surface area contributed by atoms with E-state index in [1.807, 2.05) is 0 Å². The van der Waals surface area contributed by atoms with Gasteiger partial charge in [-0.15, -0.1) is 0 Å². The monoisotopic (exact) mass is 347 g/mol. The lowest BCUT2D eigenvalue weighted by Crippen LogP contribution is -2.26. The van der Waals surface area contributed by atoms with E-state index in [9.17, 15) is 0 Å². The molecule has 0 amide bonds. The zero-order chi connectivity index (χ0) is 17.8. The third-order valence-electron chi connectivity index (χ3n) is 4.15. The van der Waals surface area contributed by atoms with Crippen LogP contribution in [0.5, 0.6) is 0 Å². The minimum Gasteiger partial charge on any atom is -0.289 e. The van der Waals surface area contributed by atoms with Crippen molar-refractivity contribution in [3.8, 4) is 0 Å². The van der Waals surface area contributed by atoms with Gasteiger partial charge in [-0.3, -0.25) is 4.74 Å². The summed E-state index contributed by atoms with van der Waals surface area (Å²) < 4.78 is 5.45. The standard InChI is InChI=1S/C23H26NP/c1-23(2,3)19-24-25(20-13-7-4-8-14-20,21-15-9-5-10-16-21)22-17-11-6-12-18-22/h4-18H,19H2,1-3H3. The Labute approximate surface area is 151 Å². The molecule has 2 heteroatoms. The van der Waals surface area contributed by atoms with Crippen molar-refractivity contribution >= 4 is 23.0 Å². The summed E-state index contributed by atoms with van der Waals surface area (Å²) in [7, 11) is -2.02. The number of nitrogens with zero attached hydrogens (tertiary/aromatic N) is 1. The first kappa shape index (κ1) is 17.7. The quantitative estimate of drug-likeness (QED) is 0.575. The fourth-order valence-electron chi connectivity index (χ4n) is 2.94. The van der Waals surface area contributed by atoms with Crippen LogP contribution < -0.4 is 15.9 Å². The van der Waals surface area contributed by atoms with Crippen LogP contribution in [0.2, 0.25) is 0 Å². The lowest BCUT2D eigenvalue weighted by molar-refractivity contribution is 0.431. The Hall–Kier alpha value is -2.11. The predicted octanol–water partition coefficient (Wildman–Crippen LogP) is 5.21. The molecule has 25 heavy (non-hydrogen) atoms. The molecule has 0 N–H and O–H groups in total. The average Bonchev–Trinajstić information content (AvgIpc) is 2.64. The van der Waals surface area contributed by atoms with Crippen LogP contribution >= 0.6 is 7.05 Å². The van der Waals surface area contributed by atoms with Crippen LogP contribution in [0.3, 0.4) is 0 Å². The molecule has 0 saturated heterocycles. The zero-order valence-electron chi connectivity index (χ0n) is 15.3. The SMILES string of the molecule is CC(C)(C)CN=P(c1ccccc1)(c1ccccc1)c1ccccc1. The third kappa shape index (κ3) is 3.94. The third-order valence-corrected chi connectivity index (χ3v) is 7.85. The topological polar surface area (TPSA) is 12.4 Å². The fraction of sp³-hybridized carbons (Fsp3) is 0.217. The number of rotatable bonds is 4. The predicted molar refractivity (Wildman–Crippen MR) is 112 cm³/mol. The van der Waals surface area contributed by atoms with Crippen molar-refractivity contribution in [1.29, 1.82) is 0 Å². The molecule has 0 unspecified atom stereocenters. The second-order valence-corrected chi connectivity index (χ2v) is 10.6. The second kappa shape index (κ2) is 7.42. The summed E-state index contributed by atoms with van der Waals surface area (Å²) in [6.07, 6.45) is 0. The van der Waals surface area contributed by atoms with E-state index < -0.39 is 7.05 Å². The lowest BCUT2D eigenvalue weighted by Gasteiger charge is -2.29. The van der Waals surface area contributed by atoms with E-state index in [1.165, 1.54) is 15.9 Å². The van der Waals surface area contributed by atoms with Crippen molar-refractivity contribution in [3.05, 3.63) is 91.0 Å². The van der Waals surface area contributed by atoms with Crippen LogP contribution in [0.15, 0.2) is 95.7 Å². The summed E-state index contributed by atoms with van der Waals surface area (Å²) in [5.74, 6) is 0. The first-order valence-corrected chi connectivity index (χ1v) is 10.5.